The largest absolute Gasteiger partial charge is 0.468 e. The van der Waals surface area contributed by atoms with E-state index in [0.717, 1.165) is 32.4 Å². The molecule has 2 atom stereocenters. The van der Waals surface area contributed by atoms with Gasteiger partial charge < -0.3 is 15.0 Å². The van der Waals surface area contributed by atoms with Crippen molar-refractivity contribution in [3.8, 4) is 0 Å². The fraction of sp³-hybridized carbons (Fsp3) is 0.929. The molecule has 0 spiro atoms. The molecule has 0 rings (SSSR count). The first-order valence-electron chi connectivity index (χ1n) is 6.96. The van der Waals surface area contributed by atoms with E-state index in [1.807, 2.05) is 14.0 Å². The Morgan fingerprint density at radius 3 is 2.44 bits per heavy atom. The van der Waals surface area contributed by atoms with Crippen molar-refractivity contribution in [2.75, 3.05) is 27.2 Å². The molecule has 0 saturated carbocycles. The van der Waals surface area contributed by atoms with Gasteiger partial charge in [-0.25, -0.2) is 0 Å². The molecule has 0 aromatic carbocycles. The third-order valence-corrected chi connectivity index (χ3v) is 3.93. The summed E-state index contributed by atoms with van der Waals surface area (Å²) in [5.41, 5.74) is -0.566. The summed E-state index contributed by atoms with van der Waals surface area (Å²) in [7, 11) is 3.25. The Labute approximate surface area is 112 Å². The zero-order chi connectivity index (χ0) is 14.2. The van der Waals surface area contributed by atoms with Crippen LogP contribution in [0.15, 0.2) is 0 Å². The Bertz CT molecular complexity index is 246. The molecule has 0 aliphatic rings. The third kappa shape index (κ3) is 4.94. The molecule has 0 fully saturated rings. The fourth-order valence-corrected chi connectivity index (χ4v) is 2.14. The van der Waals surface area contributed by atoms with Gasteiger partial charge in [0.05, 0.1) is 7.11 Å². The lowest BCUT2D eigenvalue weighted by Crippen LogP contribution is -2.48. The van der Waals surface area contributed by atoms with E-state index in [1.54, 1.807) is 0 Å². The highest BCUT2D eigenvalue weighted by Crippen LogP contribution is 2.15. The van der Waals surface area contributed by atoms with Crippen LogP contribution in [0, 0.1) is 0 Å². The molecule has 0 aliphatic heterocycles. The minimum atomic E-state index is -0.566. The van der Waals surface area contributed by atoms with E-state index in [-0.39, 0.29) is 5.97 Å². The minimum Gasteiger partial charge on any atom is -0.468 e. The van der Waals surface area contributed by atoms with Crippen molar-refractivity contribution in [2.45, 2.75) is 58.5 Å². The minimum absolute atomic E-state index is 0.184. The van der Waals surface area contributed by atoms with Gasteiger partial charge in [-0.15, -0.1) is 0 Å². The Morgan fingerprint density at radius 2 is 2.06 bits per heavy atom. The van der Waals surface area contributed by atoms with Crippen molar-refractivity contribution < 1.29 is 9.53 Å². The summed E-state index contributed by atoms with van der Waals surface area (Å²) in [6.45, 7) is 10.6. The van der Waals surface area contributed by atoms with Crippen LogP contribution in [-0.4, -0.2) is 49.7 Å². The second-order valence-corrected chi connectivity index (χ2v) is 5.06. The maximum Gasteiger partial charge on any atom is 0.325 e. The van der Waals surface area contributed by atoms with Gasteiger partial charge in [-0.1, -0.05) is 13.8 Å². The Balaban J connectivity index is 4.26. The standard InChI is InChI=1S/C14H30N2O2/c1-7-12(3)16(8-2)11-9-10-14(4,15-5)13(17)18-6/h12,15H,7-11H2,1-6H3. The molecule has 0 aromatic heterocycles. The monoisotopic (exact) mass is 258 g/mol. The van der Waals surface area contributed by atoms with E-state index < -0.39 is 5.54 Å². The second-order valence-electron chi connectivity index (χ2n) is 5.06. The number of carbonyl (C=O) groups excluding carboxylic acids is 1. The van der Waals surface area contributed by atoms with Crippen LogP contribution >= 0.6 is 0 Å². The van der Waals surface area contributed by atoms with Gasteiger partial charge in [0, 0.05) is 6.04 Å². The summed E-state index contributed by atoms with van der Waals surface area (Å²) in [5.74, 6) is -0.184. The van der Waals surface area contributed by atoms with Crippen LogP contribution < -0.4 is 5.32 Å². The van der Waals surface area contributed by atoms with Crippen LogP contribution in [0.5, 0.6) is 0 Å². The topological polar surface area (TPSA) is 41.6 Å². The highest BCUT2D eigenvalue weighted by atomic mass is 16.5. The van der Waals surface area contributed by atoms with Crippen LogP contribution in [0.2, 0.25) is 0 Å². The van der Waals surface area contributed by atoms with Crippen LogP contribution in [0.25, 0.3) is 0 Å². The number of ether oxygens (including phenoxy) is 1. The number of likely N-dealkylation sites (N-methyl/N-ethyl adjacent to an activating group) is 1. The highest BCUT2D eigenvalue weighted by Gasteiger charge is 2.31. The third-order valence-electron chi connectivity index (χ3n) is 3.93. The van der Waals surface area contributed by atoms with Gasteiger partial charge in [0.15, 0.2) is 0 Å². The smallest absolute Gasteiger partial charge is 0.325 e. The molecule has 1 N–H and O–H groups in total. The first-order valence-corrected chi connectivity index (χ1v) is 6.96. The van der Waals surface area contributed by atoms with E-state index >= 15 is 0 Å². The molecule has 2 unspecified atom stereocenters. The van der Waals surface area contributed by atoms with Gasteiger partial charge in [0.1, 0.15) is 5.54 Å². The molecule has 0 bridgehead atoms. The Kier molecular flexibility index (Phi) is 8.20. The lowest BCUT2D eigenvalue weighted by Gasteiger charge is -2.30. The number of nitrogens with one attached hydrogen (secondary N) is 1. The zero-order valence-electron chi connectivity index (χ0n) is 12.9. The SMILES string of the molecule is CCC(C)N(CC)CCCC(C)(NC)C(=O)OC. The Hall–Kier alpha value is -0.610. The number of carbonyl (C=O) groups is 1. The maximum atomic E-state index is 11.7. The first-order chi connectivity index (χ1) is 8.45. The summed E-state index contributed by atoms with van der Waals surface area (Å²) >= 11 is 0. The summed E-state index contributed by atoms with van der Waals surface area (Å²) in [6, 6.07) is 0.606. The molecule has 0 amide bonds. The van der Waals surface area contributed by atoms with Crippen molar-refractivity contribution in [3.05, 3.63) is 0 Å². The predicted molar refractivity (Wildman–Crippen MR) is 75.7 cm³/mol. The lowest BCUT2D eigenvalue weighted by atomic mass is 9.96. The van der Waals surface area contributed by atoms with Gasteiger partial charge >= 0.3 is 5.97 Å². The average molecular weight is 258 g/mol. The quantitative estimate of drug-likeness (QED) is 0.643. The maximum absolute atomic E-state index is 11.7. The van der Waals surface area contributed by atoms with Crippen LogP contribution in [-0.2, 0) is 9.53 Å². The van der Waals surface area contributed by atoms with Crippen LogP contribution in [0.4, 0.5) is 0 Å². The number of hydrogen-bond acceptors (Lipinski definition) is 4. The molecule has 4 heteroatoms. The van der Waals surface area contributed by atoms with Crippen molar-refractivity contribution >= 4 is 5.97 Å². The van der Waals surface area contributed by atoms with Gasteiger partial charge in [-0.05, 0) is 53.2 Å². The van der Waals surface area contributed by atoms with Crippen molar-refractivity contribution in [1.82, 2.24) is 10.2 Å². The van der Waals surface area contributed by atoms with E-state index in [1.165, 1.54) is 7.11 Å². The Morgan fingerprint density at radius 1 is 1.44 bits per heavy atom. The van der Waals surface area contributed by atoms with E-state index in [9.17, 15) is 4.79 Å². The molecular formula is C14H30N2O2. The zero-order valence-corrected chi connectivity index (χ0v) is 12.9. The molecule has 108 valence electrons. The van der Waals surface area contributed by atoms with E-state index in [0.29, 0.717) is 6.04 Å². The molecule has 18 heavy (non-hydrogen) atoms. The van der Waals surface area contributed by atoms with Crippen LogP contribution in [0.3, 0.4) is 0 Å². The van der Waals surface area contributed by atoms with E-state index in [2.05, 4.69) is 31.0 Å². The number of hydrogen-bond donors (Lipinski definition) is 1. The number of rotatable bonds is 9. The number of nitrogens with zero attached hydrogens (tertiary/aromatic N) is 1. The van der Waals surface area contributed by atoms with Gasteiger partial charge in [-0.2, -0.15) is 0 Å². The molecule has 0 aliphatic carbocycles. The normalized spacial score (nSPS) is 16.4. The van der Waals surface area contributed by atoms with Gasteiger partial charge in [0.2, 0.25) is 0 Å². The first kappa shape index (κ1) is 17.4. The highest BCUT2D eigenvalue weighted by molar-refractivity contribution is 5.80. The van der Waals surface area contributed by atoms with Gasteiger partial charge in [0.25, 0.3) is 0 Å². The summed E-state index contributed by atoms with van der Waals surface area (Å²) in [4.78, 5) is 14.2. The van der Waals surface area contributed by atoms with Gasteiger partial charge in [-0.3, -0.25) is 4.79 Å². The molecule has 0 radical (unpaired) electrons. The predicted octanol–water partition coefficient (Wildman–Crippen LogP) is 2.04. The molecular weight excluding hydrogens is 228 g/mol. The van der Waals surface area contributed by atoms with Crippen molar-refractivity contribution in [3.63, 3.8) is 0 Å². The average Bonchev–Trinajstić information content (AvgIpc) is 2.41. The van der Waals surface area contributed by atoms with Crippen molar-refractivity contribution in [1.29, 1.82) is 0 Å². The molecule has 0 heterocycles. The molecule has 0 aromatic rings. The van der Waals surface area contributed by atoms with Crippen LogP contribution in [0.1, 0.15) is 47.0 Å². The van der Waals surface area contributed by atoms with Crippen molar-refractivity contribution in [2.24, 2.45) is 0 Å². The number of methoxy groups -OCH3 is 1. The van der Waals surface area contributed by atoms with E-state index in [4.69, 9.17) is 4.74 Å². The summed E-state index contributed by atoms with van der Waals surface area (Å²) < 4.78 is 4.84. The summed E-state index contributed by atoms with van der Waals surface area (Å²) in [6.07, 6.45) is 2.95. The summed E-state index contributed by atoms with van der Waals surface area (Å²) in [5, 5.41) is 3.07. The lowest BCUT2D eigenvalue weighted by molar-refractivity contribution is -0.148. The molecule has 4 nitrogen and oxygen atoms in total. The fourth-order valence-electron chi connectivity index (χ4n) is 2.14. The molecule has 0 saturated heterocycles. The number of esters is 1. The second kappa shape index (κ2) is 8.48.